The molecule has 0 unspecified atom stereocenters. The first-order chi connectivity index (χ1) is 22.9. The van der Waals surface area contributed by atoms with E-state index in [2.05, 4.69) is 29.8 Å². The average Bonchev–Trinajstić information content (AvgIpc) is 3.11. The second-order valence-electron chi connectivity index (χ2n) is 10.8. The minimum Gasteiger partial charge on any atom is -0.238 e. The first-order valence-electron chi connectivity index (χ1n) is 14.8. The maximum absolute atomic E-state index is 7.24. The lowest BCUT2D eigenvalue weighted by molar-refractivity contribution is 0.928. The molecule has 0 aliphatic heterocycles. The van der Waals surface area contributed by atoms with Crippen LogP contribution in [0, 0.1) is 27.3 Å². The molecule has 0 amide bonds. The van der Waals surface area contributed by atoms with Gasteiger partial charge in [-0.25, -0.2) is 49.7 Å². The Balaban J connectivity index is 1.32. The zero-order valence-corrected chi connectivity index (χ0v) is 25.8. The molecule has 0 N–H and O–H groups in total. The van der Waals surface area contributed by atoms with Crippen LogP contribution in [-0.4, -0.2) is 44.9 Å². The van der Waals surface area contributed by atoms with Crippen LogP contribution in [0.25, 0.3) is 73.2 Å². The van der Waals surface area contributed by atoms with Crippen molar-refractivity contribution in [2.75, 3.05) is 0 Å². The largest absolute Gasteiger partial charge is 0.238 e. The Morgan fingerprint density at radius 2 is 0.702 bits per heavy atom. The van der Waals surface area contributed by atoms with Crippen LogP contribution in [0.3, 0.4) is 0 Å². The summed E-state index contributed by atoms with van der Waals surface area (Å²) in [5.74, 6) is 5.13. The lowest BCUT2D eigenvalue weighted by atomic mass is 10.1. The van der Waals surface area contributed by atoms with Crippen molar-refractivity contribution in [3.63, 3.8) is 0 Å². The number of aryl methyl sites for hydroxylation is 3. The normalized spacial score (nSPS) is 10.9. The van der Waals surface area contributed by atoms with Gasteiger partial charge in [0, 0.05) is 33.4 Å². The van der Waals surface area contributed by atoms with E-state index in [1.54, 1.807) is 12.1 Å². The summed E-state index contributed by atoms with van der Waals surface area (Å²) >= 11 is 0. The topological polar surface area (TPSA) is 120 Å². The Morgan fingerprint density at radius 3 is 1.17 bits per heavy atom. The summed E-state index contributed by atoms with van der Waals surface area (Å²) in [6.45, 7) is 12.8. The molecular weight excluding hydrogens is 584 g/mol. The fourth-order valence-electron chi connectivity index (χ4n) is 5.12. The number of hydrogen-bond acceptors (Lipinski definition) is 9. The molecule has 0 aliphatic carbocycles. The third kappa shape index (κ3) is 6.32. The Bertz CT molecular complexity index is 2280. The SMILES string of the molecule is [C-]#[N+]c1ccc(-c2nc(C)nc(-c3cccc(-c4nc(-c5ccccc5)nc(-c5cccc(-c6nc(C)nc(C)n6)c5)n4)c3)n2)cc1. The van der Waals surface area contributed by atoms with Crippen LogP contribution in [0.1, 0.15) is 17.5 Å². The van der Waals surface area contributed by atoms with Gasteiger partial charge in [0.25, 0.3) is 0 Å². The molecule has 0 saturated carbocycles. The maximum atomic E-state index is 7.24. The molecule has 0 fully saturated rings. The van der Waals surface area contributed by atoms with E-state index in [9.17, 15) is 0 Å². The van der Waals surface area contributed by atoms with Crippen LogP contribution in [0.2, 0.25) is 0 Å². The first kappa shape index (κ1) is 29.1. The van der Waals surface area contributed by atoms with Crippen LogP contribution >= 0.6 is 0 Å². The lowest BCUT2D eigenvalue weighted by Crippen LogP contribution is -2.02. The average molecular weight is 611 g/mol. The fraction of sp³-hybridized carbons (Fsp3) is 0.0811. The van der Waals surface area contributed by atoms with Gasteiger partial charge in [0.15, 0.2) is 40.6 Å². The summed E-state index contributed by atoms with van der Waals surface area (Å²) in [6, 6.07) is 32.7. The van der Waals surface area contributed by atoms with Gasteiger partial charge in [-0.2, -0.15) is 0 Å². The first-order valence-corrected chi connectivity index (χ1v) is 14.8. The summed E-state index contributed by atoms with van der Waals surface area (Å²) in [6.07, 6.45) is 0. The van der Waals surface area contributed by atoms with Gasteiger partial charge in [0.2, 0.25) is 0 Å². The van der Waals surface area contributed by atoms with E-state index in [0.717, 1.165) is 33.4 Å². The molecule has 7 aromatic rings. The van der Waals surface area contributed by atoms with Crippen molar-refractivity contribution in [3.05, 3.63) is 132 Å². The molecule has 47 heavy (non-hydrogen) atoms. The van der Waals surface area contributed by atoms with Gasteiger partial charge in [-0.1, -0.05) is 91.0 Å². The molecule has 0 spiro atoms. The molecule has 0 bridgehead atoms. The zero-order valence-electron chi connectivity index (χ0n) is 25.8. The monoisotopic (exact) mass is 610 g/mol. The molecule has 7 rings (SSSR count). The second-order valence-corrected chi connectivity index (χ2v) is 10.8. The molecule has 10 heteroatoms. The van der Waals surface area contributed by atoms with Gasteiger partial charge in [-0.05, 0) is 32.9 Å². The van der Waals surface area contributed by atoms with Gasteiger partial charge >= 0.3 is 0 Å². The predicted molar refractivity (Wildman–Crippen MR) is 180 cm³/mol. The van der Waals surface area contributed by atoms with Gasteiger partial charge in [0.05, 0.1) is 6.57 Å². The highest BCUT2D eigenvalue weighted by molar-refractivity contribution is 5.72. The number of aromatic nitrogens is 9. The van der Waals surface area contributed by atoms with E-state index < -0.39 is 0 Å². The van der Waals surface area contributed by atoms with Gasteiger partial charge in [-0.15, -0.1) is 0 Å². The minimum atomic E-state index is 0.508. The highest BCUT2D eigenvalue weighted by Gasteiger charge is 2.16. The molecule has 0 aliphatic rings. The van der Waals surface area contributed by atoms with Crippen LogP contribution in [-0.2, 0) is 0 Å². The van der Waals surface area contributed by atoms with Crippen molar-refractivity contribution in [2.24, 2.45) is 0 Å². The number of nitrogens with zero attached hydrogens (tertiary/aromatic N) is 10. The van der Waals surface area contributed by atoms with Crippen LogP contribution in [0.5, 0.6) is 0 Å². The van der Waals surface area contributed by atoms with Crippen molar-refractivity contribution < 1.29 is 0 Å². The highest BCUT2D eigenvalue weighted by atomic mass is 15.0. The third-order valence-corrected chi connectivity index (χ3v) is 7.29. The minimum absolute atomic E-state index is 0.508. The van der Waals surface area contributed by atoms with Crippen molar-refractivity contribution in [1.82, 2.24) is 44.9 Å². The second kappa shape index (κ2) is 12.4. The number of rotatable bonds is 6. The Kier molecular flexibility index (Phi) is 7.70. The number of benzene rings is 4. The molecule has 0 saturated heterocycles. The van der Waals surface area contributed by atoms with Gasteiger partial charge < -0.3 is 0 Å². The van der Waals surface area contributed by atoms with Crippen molar-refractivity contribution in [1.29, 1.82) is 0 Å². The quantitative estimate of drug-likeness (QED) is 0.174. The highest BCUT2D eigenvalue weighted by Crippen LogP contribution is 2.29. The van der Waals surface area contributed by atoms with Crippen molar-refractivity contribution in [2.45, 2.75) is 20.8 Å². The van der Waals surface area contributed by atoms with E-state index in [-0.39, 0.29) is 0 Å². The Hall–Kier alpha value is -6.60. The lowest BCUT2D eigenvalue weighted by Gasteiger charge is -2.10. The molecule has 3 aromatic heterocycles. The van der Waals surface area contributed by atoms with E-state index >= 15 is 0 Å². The molecule has 3 heterocycles. The van der Waals surface area contributed by atoms with E-state index in [0.29, 0.717) is 58.1 Å². The smallest absolute Gasteiger partial charge is 0.187 e. The fourth-order valence-corrected chi connectivity index (χ4v) is 5.12. The summed E-state index contributed by atoms with van der Waals surface area (Å²) in [5, 5.41) is 0. The van der Waals surface area contributed by atoms with Crippen LogP contribution < -0.4 is 0 Å². The summed E-state index contributed by atoms with van der Waals surface area (Å²) in [7, 11) is 0. The summed E-state index contributed by atoms with van der Waals surface area (Å²) in [4.78, 5) is 45.6. The molecule has 0 radical (unpaired) electrons. The van der Waals surface area contributed by atoms with Crippen LogP contribution in [0.4, 0.5) is 5.69 Å². The van der Waals surface area contributed by atoms with Crippen LogP contribution in [0.15, 0.2) is 103 Å². The van der Waals surface area contributed by atoms with E-state index in [1.165, 1.54) is 0 Å². The zero-order chi connectivity index (χ0) is 32.3. The summed E-state index contributed by atoms with van der Waals surface area (Å²) in [5.41, 5.74) is 5.45. The molecule has 4 aromatic carbocycles. The van der Waals surface area contributed by atoms with Gasteiger partial charge in [0.1, 0.15) is 17.5 Å². The Morgan fingerprint density at radius 1 is 0.362 bits per heavy atom. The molecule has 0 atom stereocenters. The molecule has 224 valence electrons. The van der Waals surface area contributed by atoms with Crippen molar-refractivity contribution >= 4 is 5.69 Å². The number of hydrogen-bond donors (Lipinski definition) is 0. The predicted octanol–water partition coefficient (Wildman–Crippen LogP) is 7.72. The Labute approximate surface area is 271 Å². The van der Waals surface area contributed by atoms with E-state index in [4.69, 9.17) is 26.5 Å². The third-order valence-electron chi connectivity index (χ3n) is 7.29. The summed E-state index contributed by atoms with van der Waals surface area (Å²) < 4.78 is 0. The van der Waals surface area contributed by atoms with Crippen molar-refractivity contribution in [3.8, 4) is 68.3 Å². The molecular formula is C37H26N10. The molecule has 10 nitrogen and oxygen atoms in total. The van der Waals surface area contributed by atoms with Gasteiger partial charge in [-0.3, -0.25) is 0 Å². The van der Waals surface area contributed by atoms with E-state index in [1.807, 2.05) is 112 Å². The standard InChI is InChI=1S/C37H26N10/c1-22-39-23(2)41-34(40-22)27-12-8-14-29(20-27)36-45-33(25-10-6-5-7-11-25)46-37(47-36)30-15-9-13-28(21-30)35-43-24(3)42-32(44-35)26-16-18-31(38-4)19-17-26/h5-21H,1-3H3. The maximum Gasteiger partial charge on any atom is 0.187 e.